The fourth-order valence-electron chi connectivity index (χ4n) is 2.07. The highest BCUT2D eigenvalue weighted by Gasteiger charge is 2.15. The summed E-state index contributed by atoms with van der Waals surface area (Å²) in [4.78, 5) is 12.0. The standard InChI is InChI=1S/C17H12BrFN2O3/c1-10-3-2-4-11(7-10)16-21-20-15(24-16)9-23-17(22)13-6-5-12(19)8-14(13)18/h2-8H,9H2,1H3. The first-order chi connectivity index (χ1) is 11.5. The molecule has 7 heteroatoms. The van der Waals surface area contributed by atoms with E-state index in [1.165, 1.54) is 18.2 Å². The number of nitrogens with zero attached hydrogens (tertiary/aromatic N) is 2. The quantitative estimate of drug-likeness (QED) is 0.621. The van der Waals surface area contributed by atoms with E-state index < -0.39 is 11.8 Å². The third kappa shape index (κ3) is 3.68. The van der Waals surface area contributed by atoms with Gasteiger partial charge >= 0.3 is 5.97 Å². The molecule has 0 radical (unpaired) electrons. The molecule has 1 heterocycles. The highest BCUT2D eigenvalue weighted by Crippen LogP contribution is 2.21. The zero-order valence-corrected chi connectivity index (χ0v) is 14.2. The lowest BCUT2D eigenvalue weighted by Gasteiger charge is -2.04. The van der Waals surface area contributed by atoms with E-state index in [0.29, 0.717) is 10.4 Å². The summed E-state index contributed by atoms with van der Waals surface area (Å²) in [6.45, 7) is 1.80. The van der Waals surface area contributed by atoms with Gasteiger partial charge in [-0.1, -0.05) is 17.7 Å². The summed E-state index contributed by atoms with van der Waals surface area (Å²) in [6, 6.07) is 11.3. The largest absolute Gasteiger partial charge is 0.452 e. The van der Waals surface area contributed by atoms with Gasteiger partial charge in [0.1, 0.15) is 5.82 Å². The maximum atomic E-state index is 13.0. The van der Waals surface area contributed by atoms with Crippen molar-refractivity contribution in [2.75, 3.05) is 0 Å². The molecule has 2 aromatic carbocycles. The topological polar surface area (TPSA) is 65.2 Å². The Morgan fingerprint density at radius 3 is 2.83 bits per heavy atom. The van der Waals surface area contributed by atoms with E-state index >= 15 is 0 Å². The Morgan fingerprint density at radius 2 is 2.08 bits per heavy atom. The summed E-state index contributed by atoms with van der Waals surface area (Å²) >= 11 is 3.12. The van der Waals surface area contributed by atoms with E-state index in [2.05, 4.69) is 26.1 Å². The summed E-state index contributed by atoms with van der Waals surface area (Å²) in [5.41, 5.74) is 2.08. The SMILES string of the molecule is Cc1cccc(-c2nnc(COC(=O)c3ccc(F)cc3Br)o2)c1. The number of aromatic nitrogens is 2. The second-order valence-corrected chi connectivity index (χ2v) is 5.93. The van der Waals surface area contributed by atoms with Crippen LogP contribution < -0.4 is 0 Å². The zero-order chi connectivity index (χ0) is 17.1. The first-order valence-corrected chi connectivity index (χ1v) is 7.84. The Bertz CT molecular complexity index is 895. The number of hydrogen-bond acceptors (Lipinski definition) is 5. The lowest BCUT2D eigenvalue weighted by atomic mass is 10.1. The molecule has 0 fully saturated rings. The summed E-state index contributed by atoms with van der Waals surface area (Å²) in [5.74, 6) is -0.527. The molecule has 0 atom stereocenters. The fraction of sp³-hybridized carbons (Fsp3) is 0.118. The average molecular weight is 391 g/mol. The number of halogens is 2. The van der Waals surface area contributed by atoms with Crippen LogP contribution in [-0.2, 0) is 11.3 Å². The van der Waals surface area contributed by atoms with Gasteiger partial charge in [0.15, 0.2) is 6.61 Å². The van der Waals surface area contributed by atoms with Crippen LogP contribution in [0.4, 0.5) is 4.39 Å². The molecular formula is C17H12BrFN2O3. The number of benzene rings is 2. The minimum atomic E-state index is -0.614. The van der Waals surface area contributed by atoms with Gasteiger partial charge in [0.2, 0.25) is 5.89 Å². The van der Waals surface area contributed by atoms with Gasteiger partial charge in [0, 0.05) is 10.0 Å². The first-order valence-electron chi connectivity index (χ1n) is 7.04. The van der Waals surface area contributed by atoms with Crippen molar-refractivity contribution in [2.45, 2.75) is 13.5 Å². The summed E-state index contributed by atoms with van der Waals surface area (Å²) in [7, 11) is 0. The van der Waals surface area contributed by atoms with Crippen molar-refractivity contribution in [1.29, 1.82) is 0 Å². The highest BCUT2D eigenvalue weighted by molar-refractivity contribution is 9.10. The molecule has 0 aliphatic heterocycles. The number of rotatable bonds is 4. The van der Waals surface area contributed by atoms with Gasteiger partial charge in [-0.3, -0.25) is 0 Å². The number of ether oxygens (including phenoxy) is 1. The second-order valence-electron chi connectivity index (χ2n) is 5.07. The van der Waals surface area contributed by atoms with Crippen LogP contribution in [0.1, 0.15) is 21.8 Å². The average Bonchev–Trinajstić information content (AvgIpc) is 3.01. The van der Waals surface area contributed by atoms with Crippen molar-refractivity contribution < 1.29 is 18.3 Å². The van der Waals surface area contributed by atoms with Crippen molar-refractivity contribution in [3.63, 3.8) is 0 Å². The number of hydrogen-bond donors (Lipinski definition) is 0. The van der Waals surface area contributed by atoms with Crippen LogP contribution >= 0.6 is 15.9 Å². The van der Waals surface area contributed by atoms with Gasteiger partial charge in [0.25, 0.3) is 5.89 Å². The van der Waals surface area contributed by atoms with E-state index in [4.69, 9.17) is 9.15 Å². The molecule has 0 spiro atoms. The molecule has 0 bridgehead atoms. The lowest BCUT2D eigenvalue weighted by Crippen LogP contribution is -2.06. The molecule has 0 saturated carbocycles. The number of carbonyl (C=O) groups excluding carboxylic acids is 1. The van der Waals surface area contributed by atoms with Gasteiger partial charge < -0.3 is 9.15 Å². The summed E-state index contributed by atoms with van der Waals surface area (Å²) < 4.78 is 24.0. The van der Waals surface area contributed by atoms with Crippen LogP contribution in [0.5, 0.6) is 0 Å². The molecule has 0 aliphatic carbocycles. The van der Waals surface area contributed by atoms with E-state index in [1.54, 1.807) is 0 Å². The Morgan fingerprint density at radius 1 is 1.25 bits per heavy atom. The van der Waals surface area contributed by atoms with Crippen LogP contribution in [0, 0.1) is 12.7 Å². The Balaban J connectivity index is 1.68. The Labute approximate surface area is 145 Å². The van der Waals surface area contributed by atoms with Crippen LogP contribution in [0.15, 0.2) is 51.4 Å². The minimum Gasteiger partial charge on any atom is -0.452 e. The van der Waals surface area contributed by atoms with Crippen molar-refractivity contribution in [1.82, 2.24) is 10.2 Å². The monoisotopic (exact) mass is 390 g/mol. The van der Waals surface area contributed by atoms with E-state index in [9.17, 15) is 9.18 Å². The van der Waals surface area contributed by atoms with E-state index in [0.717, 1.165) is 11.1 Å². The summed E-state index contributed by atoms with van der Waals surface area (Å²) in [6.07, 6.45) is 0. The molecule has 0 aliphatic rings. The van der Waals surface area contributed by atoms with E-state index in [-0.39, 0.29) is 18.1 Å². The molecule has 0 saturated heterocycles. The van der Waals surface area contributed by atoms with Crippen LogP contribution in [0.25, 0.3) is 11.5 Å². The first kappa shape index (κ1) is 16.3. The van der Waals surface area contributed by atoms with Crippen LogP contribution in [-0.4, -0.2) is 16.2 Å². The molecule has 122 valence electrons. The Hall–Kier alpha value is -2.54. The molecule has 0 N–H and O–H groups in total. The number of aryl methyl sites for hydroxylation is 1. The predicted octanol–water partition coefficient (Wildman–Crippen LogP) is 4.30. The van der Waals surface area contributed by atoms with Crippen LogP contribution in [0.2, 0.25) is 0 Å². The molecule has 5 nitrogen and oxygen atoms in total. The maximum Gasteiger partial charge on any atom is 0.339 e. The molecule has 24 heavy (non-hydrogen) atoms. The van der Waals surface area contributed by atoms with Crippen molar-refractivity contribution in [3.05, 3.63) is 69.8 Å². The van der Waals surface area contributed by atoms with Gasteiger partial charge in [-0.2, -0.15) is 0 Å². The Kier molecular flexibility index (Phi) is 4.71. The van der Waals surface area contributed by atoms with E-state index in [1.807, 2.05) is 31.2 Å². The smallest absolute Gasteiger partial charge is 0.339 e. The van der Waals surface area contributed by atoms with Gasteiger partial charge in [-0.25, -0.2) is 9.18 Å². The van der Waals surface area contributed by atoms with Gasteiger partial charge in [-0.15, -0.1) is 10.2 Å². The third-order valence-corrected chi connectivity index (χ3v) is 3.87. The molecule has 3 aromatic rings. The number of esters is 1. The maximum absolute atomic E-state index is 13.0. The fourth-order valence-corrected chi connectivity index (χ4v) is 2.58. The lowest BCUT2D eigenvalue weighted by molar-refractivity contribution is 0.0437. The van der Waals surface area contributed by atoms with Gasteiger partial charge in [-0.05, 0) is 53.2 Å². The molecule has 1 aromatic heterocycles. The zero-order valence-electron chi connectivity index (χ0n) is 12.6. The second kappa shape index (κ2) is 6.92. The van der Waals surface area contributed by atoms with Gasteiger partial charge in [0.05, 0.1) is 5.56 Å². The van der Waals surface area contributed by atoms with Crippen molar-refractivity contribution >= 4 is 21.9 Å². The highest BCUT2D eigenvalue weighted by atomic mass is 79.9. The molecule has 3 rings (SSSR count). The number of carbonyl (C=O) groups is 1. The van der Waals surface area contributed by atoms with Crippen molar-refractivity contribution in [2.24, 2.45) is 0 Å². The predicted molar refractivity (Wildman–Crippen MR) is 87.7 cm³/mol. The summed E-state index contributed by atoms with van der Waals surface area (Å²) in [5, 5.41) is 7.80. The van der Waals surface area contributed by atoms with Crippen molar-refractivity contribution in [3.8, 4) is 11.5 Å². The van der Waals surface area contributed by atoms with Crippen LogP contribution in [0.3, 0.4) is 0 Å². The third-order valence-electron chi connectivity index (χ3n) is 3.21. The molecular weight excluding hydrogens is 379 g/mol. The molecule has 0 amide bonds. The minimum absolute atomic E-state index is 0.165. The normalized spacial score (nSPS) is 10.6. The molecule has 0 unspecified atom stereocenters.